The Bertz CT molecular complexity index is 602. The van der Waals surface area contributed by atoms with E-state index in [1.54, 1.807) is 6.33 Å². The third-order valence-corrected chi connectivity index (χ3v) is 4.31. The van der Waals surface area contributed by atoms with Crippen LogP contribution in [-0.4, -0.2) is 51.9 Å². The minimum absolute atomic E-state index is 0.392. The number of rotatable bonds is 4. The van der Waals surface area contributed by atoms with Crippen molar-refractivity contribution < 1.29 is 0 Å². The molecular formula is C16H25N7. The van der Waals surface area contributed by atoms with Crippen molar-refractivity contribution in [3.05, 3.63) is 24.4 Å². The lowest BCUT2D eigenvalue weighted by Crippen LogP contribution is -2.35. The van der Waals surface area contributed by atoms with Gasteiger partial charge in [0.1, 0.15) is 18.5 Å². The van der Waals surface area contributed by atoms with Gasteiger partial charge in [-0.3, -0.25) is 0 Å². The molecule has 0 aromatic carbocycles. The van der Waals surface area contributed by atoms with E-state index in [0.717, 1.165) is 43.4 Å². The Labute approximate surface area is 137 Å². The summed E-state index contributed by atoms with van der Waals surface area (Å²) in [7, 11) is 3.97. The summed E-state index contributed by atoms with van der Waals surface area (Å²) in [6, 6.07) is 2.57. The highest BCUT2D eigenvalue weighted by Crippen LogP contribution is 2.27. The van der Waals surface area contributed by atoms with Gasteiger partial charge in [0.2, 0.25) is 5.95 Å². The Morgan fingerprint density at radius 3 is 2.48 bits per heavy atom. The molecule has 0 aliphatic carbocycles. The standard InChI is InChI=1S/C16H25N7/c1-12(2)14-9-15(20-16(19-14)21(3)4)22-7-5-13(6-8-22)23-11-17-10-18-23/h9-13H,5-8H2,1-4H3. The van der Waals surface area contributed by atoms with Crippen molar-refractivity contribution in [3.63, 3.8) is 0 Å². The molecule has 1 fully saturated rings. The van der Waals surface area contributed by atoms with E-state index in [2.05, 4.69) is 39.9 Å². The molecule has 7 nitrogen and oxygen atoms in total. The first-order chi connectivity index (χ1) is 11.0. The maximum Gasteiger partial charge on any atom is 0.227 e. The number of hydrogen-bond acceptors (Lipinski definition) is 6. The number of anilines is 2. The van der Waals surface area contributed by atoms with Crippen molar-refractivity contribution in [2.45, 2.75) is 38.6 Å². The van der Waals surface area contributed by atoms with Crippen molar-refractivity contribution in [1.29, 1.82) is 0 Å². The van der Waals surface area contributed by atoms with Gasteiger partial charge in [-0.15, -0.1) is 0 Å². The topological polar surface area (TPSA) is 63.0 Å². The predicted octanol–water partition coefficient (Wildman–Crippen LogP) is 2.10. The normalized spacial score (nSPS) is 16.1. The maximum absolute atomic E-state index is 4.73. The summed E-state index contributed by atoms with van der Waals surface area (Å²) in [4.78, 5) is 17.8. The van der Waals surface area contributed by atoms with E-state index in [0.29, 0.717) is 12.0 Å². The highest BCUT2D eigenvalue weighted by atomic mass is 15.3. The summed E-state index contributed by atoms with van der Waals surface area (Å²) in [5.74, 6) is 2.21. The molecule has 2 aromatic rings. The third-order valence-electron chi connectivity index (χ3n) is 4.31. The first-order valence-corrected chi connectivity index (χ1v) is 8.20. The van der Waals surface area contributed by atoms with Gasteiger partial charge in [0.15, 0.2) is 0 Å². The van der Waals surface area contributed by atoms with E-state index < -0.39 is 0 Å². The van der Waals surface area contributed by atoms with Crippen LogP contribution in [0.3, 0.4) is 0 Å². The van der Waals surface area contributed by atoms with Crippen LogP contribution in [-0.2, 0) is 0 Å². The SMILES string of the molecule is CC(C)c1cc(N2CCC(n3cncn3)CC2)nc(N(C)C)n1. The van der Waals surface area contributed by atoms with E-state index in [4.69, 9.17) is 4.98 Å². The average Bonchev–Trinajstić information content (AvgIpc) is 3.09. The van der Waals surface area contributed by atoms with Gasteiger partial charge in [0, 0.05) is 33.3 Å². The average molecular weight is 315 g/mol. The molecule has 0 saturated carbocycles. The molecule has 1 saturated heterocycles. The van der Waals surface area contributed by atoms with Crippen LogP contribution in [0.1, 0.15) is 44.3 Å². The molecule has 23 heavy (non-hydrogen) atoms. The molecule has 124 valence electrons. The summed E-state index contributed by atoms with van der Waals surface area (Å²) < 4.78 is 1.97. The van der Waals surface area contributed by atoms with Gasteiger partial charge in [-0.05, 0) is 18.8 Å². The van der Waals surface area contributed by atoms with Crippen LogP contribution in [0, 0.1) is 0 Å². The molecule has 0 bridgehead atoms. The first kappa shape index (κ1) is 15.7. The van der Waals surface area contributed by atoms with Gasteiger partial charge in [-0.2, -0.15) is 10.1 Å². The zero-order chi connectivity index (χ0) is 16.4. The molecule has 1 aliphatic heterocycles. The fraction of sp³-hybridized carbons (Fsp3) is 0.625. The Balaban J connectivity index is 1.77. The molecule has 0 amide bonds. The fourth-order valence-corrected chi connectivity index (χ4v) is 2.86. The summed E-state index contributed by atoms with van der Waals surface area (Å²) >= 11 is 0. The molecule has 1 aliphatic rings. The Kier molecular flexibility index (Phi) is 4.45. The molecule has 0 radical (unpaired) electrons. The molecule has 2 aromatic heterocycles. The highest BCUT2D eigenvalue weighted by Gasteiger charge is 2.23. The summed E-state index contributed by atoms with van der Waals surface area (Å²) in [5, 5.41) is 4.27. The quantitative estimate of drug-likeness (QED) is 0.861. The molecule has 0 unspecified atom stereocenters. The third kappa shape index (κ3) is 3.43. The molecule has 3 rings (SSSR count). The van der Waals surface area contributed by atoms with Crippen LogP contribution in [0.4, 0.5) is 11.8 Å². The van der Waals surface area contributed by atoms with Crippen LogP contribution in [0.5, 0.6) is 0 Å². The highest BCUT2D eigenvalue weighted by molar-refractivity contribution is 5.46. The van der Waals surface area contributed by atoms with E-state index in [1.807, 2.05) is 30.0 Å². The smallest absolute Gasteiger partial charge is 0.227 e. The number of aromatic nitrogens is 5. The fourth-order valence-electron chi connectivity index (χ4n) is 2.86. The second-order valence-electron chi connectivity index (χ2n) is 6.59. The Hall–Kier alpha value is -2.18. The van der Waals surface area contributed by atoms with Gasteiger partial charge in [-0.25, -0.2) is 14.6 Å². The van der Waals surface area contributed by atoms with Crippen LogP contribution in [0.2, 0.25) is 0 Å². The Morgan fingerprint density at radius 2 is 1.91 bits per heavy atom. The van der Waals surface area contributed by atoms with Crippen LogP contribution in [0.25, 0.3) is 0 Å². The van der Waals surface area contributed by atoms with Crippen molar-refractivity contribution in [3.8, 4) is 0 Å². The van der Waals surface area contributed by atoms with Crippen molar-refractivity contribution in [2.24, 2.45) is 0 Å². The van der Waals surface area contributed by atoms with Gasteiger partial charge >= 0.3 is 0 Å². The lowest BCUT2D eigenvalue weighted by Gasteiger charge is -2.33. The lowest BCUT2D eigenvalue weighted by atomic mass is 10.0. The van der Waals surface area contributed by atoms with E-state index in [-0.39, 0.29) is 0 Å². The van der Waals surface area contributed by atoms with Crippen molar-refractivity contribution in [1.82, 2.24) is 24.7 Å². The summed E-state index contributed by atoms with van der Waals surface area (Å²) in [6.45, 7) is 6.29. The lowest BCUT2D eigenvalue weighted by molar-refractivity contribution is 0.365. The van der Waals surface area contributed by atoms with Gasteiger partial charge in [-0.1, -0.05) is 13.8 Å². The number of hydrogen-bond donors (Lipinski definition) is 0. The van der Waals surface area contributed by atoms with E-state index in [9.17, 15) is 0 Å². The van der Waals surface area contributed by atoms with Gasteiger partial charge in [0.05, 0.1) is 11.7 Å². The predicted molar refractivity (Wildman–Crippen MR) is 91.0 cm³/mol. The summed E-state index contributed by atoms with van der Waals surface area (Å²) in [6.07, 6.45) is 5.53. The molecule has 3 heterocycles. The zero-order valence-corrected chi connectivity index (χ0v) is 14.3. The van der Waals surface area contributed by atoms with Crippen LogP contribution >= 0.6 is 0 Å². The molecule has 7 heteroatoms. The minimum atomic E-state index is 0.392. The van der Waals surface area contributed by atoms with Gasteiger partial charge < -0.3 is 9.80 Å². The second-order valence-corrected chi connectivity index (χ2v) is 6.59. The molecule has 0 atom stereocenters. The molecule has 0 N–H and O–H groups in total. The molecular weight excluding hydrogens is 290 g/mol. The first-order valence-electron chi connectivity index (χ1n) is 8.20. The minimum Gasteiger partial charge on any atom is -0.356 e. The monoisotopic (exact) mass is 315 g/mol. The Morgan fingerprint density at radius 1 is 1.17 bits per heavy atom. The van der Waals surface area contributed by atoms with Gasteiger partial charge in [0.25, 0.3) is 0 Å². The van der Waals surface area contributed by atoms with Crippen LogP contribution in [0.15, 0.2) is 18.7 Å². The number of nitrogens with zero attached hydrogens (tertiary/aromatic N) is 7. The van der Waals surface area contributed by atoms with Crippen molar-refractivity contribution >= 4 is 11.8 Å². The van der Waals surface area contributed by atoms with Crippen LogP contribution < -0.4 is 9.80 Å². The van der Waals surface area contributed by atoms with E-state index >= 15 is 0 Å². The maximum atomic E-state index is 4.73. The largest absolute Gasteiger partial charge is 0.356 e. The summed E-state index contributed by atoms with van der Waals surface area (Å²) in [5.41, 5.74) is 1.09. The zero-order valence-electron chi connectivity index (χ0n) is 14.3. The van der Waals surface area contributed by atoms with E-state index in [1.165, 1.54) is 0 Å². The second kappa shape index (κ2) is 6.52. The molecule has 0 spiro atoms. The van der Waals surface area contributed by atoms with Crippen molar-refractivity contribution in [2.75, 3.05) is 37.0 Å². The number of piperidine rings is 1.